The van der Waals surface area contributed by atoms with E-state index >= 15 is 0 Å². The van der Waals surface area contributed by atoms with Crippen LogP contribution < -0.4 is 9.47 Å². The van der Waals surface area contributed by atoms with Crippen LogP contribution in [0.25, 0.3) is 10.6 Å². The Balaban J connectivity index is 2.40. The highest BCUT2D eigenvalue weighted by atomic mass is 32.1. The Kier molecular flexibility index (Phi) is 3.80. The fraction of sp³-hybridized carbons (Fsp3) is 0.231. The highest BCUT2D eigenvalue weighted by molar-refractivity contribution is 7.15. The molecule has 0 fully saturated rings. The molecule has 0 N–H and O–H groups in total. The number of thiazole rings is 1. The molecule has 0 unspecified atom stereocenters. The molecule has 1 heterocycles. The van der Waals surface area contributed by atoms with Gasteiger partial charge in [-0.1, -0.05) is 0 Å². The van der Waals surface area contributed by atoms with Crippen molar-refractivity contribution in [3.8, 4) is 28.1 Å². The first-order valence-corrected chi connectivity index (χ1v) is 6.14. The molecule has 0 atom stereocenters. The second kappa shape index (κ2) is 5.52. The molecule has 0 amide bonds. The number of benzene rings is 1. The molecule has 2 aromatic rings. The summed E-state index contributed by atoms with van der Waals surface area (Å²) in [6.07, 6.45) is 2.11. The van der Waals surface area contributed by atoms with Crippen LogP contribution in [0.2, 0.25) is 0 Å². The maximum absolute atomic E-state index is 8.66. The lowest BCUT2D eigenvalue weighted by Gasteiger charge is -2.07. The third-order valence-corrected chi connectivity index (χ3v) is 3.48. The Morgan fingerprint density at radius 1 is 1.33 bits per heavy atom. The van der Waals surface area contributed by atoms with Crippen molar-refractivity contribution in [2.45, 2.75) is 6.42 Å². The van der Waals surface area contributed by atoms with E-state index in [1.807, 2.05) is 18.2 Å². The smallest absolute Gasteiger partial charge is 0.132 e. The predicted octanol–water partition coefficient (Wildman–Crippen LogP) is 2.89. The van der Waals surface area contributed by atoms with Crippen molar-refractivity contribution in [2.24, 2.45) is 0 Å². The molecular weight excluding hydrogens is 248 g/mol. The summed E-state index contributed by atoms with van der Waals surface area (Å²) in [6, 6.07) is 7.71. The fourth-order valence-electron chi connectivity index (χ4n) is 1.57. The summed E-state index contributed by atoms with van der Waals surface area (Å²) >= 11 is 1.50. The molecular formula is C13H12N2O2S. The Hall–Kier alpha value is -2.06. The average molecular weight is 260 g/mol. The largest absolute Gasteiger partial charge is 0.497 e. The number of hydrogen-bond donors (Lipinski definition) is 0. The Morgan fingerprint density at radius 3 is 2.83 bits per heavy atom. The van der Waals surface area contributed by atoms with Crippen molar-refractivity contribution in [3.63, 3.8) is 0 Å². The van der Waals surface area contributed by atoms with E-state index in [9.17, 15) is 0 Å². The van der Waals surface area contributed by atoms with Gasteiger partial charge in [0.2, 0.25) is 0 Å². The lowest BCUT2D eigenvalue weighted by molar-refractivity contribution is 0.395. The molecule has 0 aliphatic carbocycles. The summed E-state index contributed by atoms with van der Waals surface area (Å²) in [7, 11) is 3.23. The van der Waals surface area contributed by atoms with Crippen LogP contribution >= 0.6 is 11.3 Å². The predicted molar refractivity (Wildman–Crippen MR) is 70.0 cm³/mol. The van der Waals surface area contributed by atoms with Gasteiger partial charge in [0.1, 0.15) is 16.5 Å². The Labute approximate surface area is 109 Å². The van der Waals surface area contributed by atoms with Crippen LogP contribution in [0.1, 0.15) is 4.88 Å². The molecule has 0 bridgehead atoms. The normalized spacial score (nSPS) is 9.83. The Bertz CT molecular complexity index is 587. The molecule has 0 aliphatic rings. The molecule has 0 radical (unpaired) electrons. The third-order valence-electron chi connectivity index (χ3n) is 2.45. The van der Waals surface area contributed by atoms with Crippen LogP contribution in [0.4, 0.5) is 0 Å². The van der Waals surface area contributed by atoms with Gasteiger partial charge in [-0.25, -0.2) is 4.98 Å². The highest BCUT2D eigenvalue weighted by Gasteiger charge is 2.11. The maximum atomic E-state index is 8.66. The summed E-state index contributed by atoms with van der Waals surface area (Å²) in [6.45, 7) is 0. The third kappa shape index (κ3) is 2.44. The lowest BCUT2D eigenvalue weighted by Crippen LogP contribution is -1.89. The summed E-state index contributed by atoms with van der Waals surface area (Å²) in [4.78, 5) is 5.27. The summed E-state index contributed by atoms with van der Waals surface area (Å²) < 4.78 is 10.5. The Morgan fingerprint density at radius 2 is 2.17 bits per heavy atom. The molecule has 1 aromatic heterocycles. The van der Waals surface area contributed by atoms with Crippen LogP contribution in [-0.4, -0.2) is 19.2 Å². The minimum absolute atomic E-state index is 0.385. The minimum atomic E-state index is 0.385. The van der Waals surface area contributed by atoms with E-state index in [2.05, 4.69) is 11.1 Å². The number of nitrogens with zero attached hydrogens (tertiary/aromatic N) is 2. The number of ether oxygens (including phenoxy) is 2. The van der Waals surface area contributed by atoms with Crippen molar-refractivity contribution in [3.05, 3.63) is 29.3 Å². The van der Waals surface area contributed by atoms with E-state index in [4.69, 9.17) is 14.7 Å². The van der Waals surface area contributed by atoms with E-state index in [-0.39, 0.29) is 0 Å². The van der Waals surface area contributed by atoms with Gasteiger partial charge in [-0.2, -0.15) is 5.26 Å². The number of aromatic nitrogens is 1. The van der Waals surface area contributed by atoms with E-state index in [1.165, 1.54) is 11.3 Å². The molecule has 1 aromatic carbocycles. The van der Waals surface area contributed by atoms with Crippen molar-refractivity contribution in [1.82, 2.24) is 4.98 Å². The van der Waals surface area contributed by atoms with Gasteiger partial charge < -0.3 is 9.47 Å². The summed E-state index contributed by atoms with van der Waals surface area (Å²) in [5, 5.41) is 9.50. The highest BCUT2D eigenvalue weighted by Crippen LogP contribution is 2.35. The number of rotatable bonds is 4. The van der Waals surface area contributed by atoms with E-state index < -0.39 is 0 Å². The van der Waals surface area contributed by atoms with Gasteiger partial charge in [-0.3, -0.25) is 0 Å². The zero-order valence-corrected chi connectivity index (χ0v) is 11.0. The first kappa shape index (κ1) is 12.4. The second-order valence-corrected chi connectivity index (χ2v) is 4.65. The molecule has 92 valence electrons. The quantitative estimate of drug-likeness (QED) is 0.848. The zero-order chi connectivity index (χ0) is 13.0. The molecule has 0 aliphatic heterocycles. The summed E-state index contributed by atoms with van der Waals surface area (Å²) in [5.41, 5.74) is 0.910. The average Bonchev–Trinajstić information content (AvgIpc) is 2.87. The number of methoxy groups -OCH3 is 2. The zero-order valence-electron chi connectivity index (χ0n) is 10.1. The van der Waals surface area contributed by atoms with Gasteiger partial charge in [0.15, 0.2) is 0 Å². The van der Waals surface area contributed by atoms with Gasteiger partial charge in [0, 0.05) is 17.1 Å². The van der Waals surface area contributed by atoms with E-state index in [0.29, 0.717) is 12.2 Å². The standard InChI is InChI=1S/C13H12N2O2S/c1-16-9-3-4-11(12(7-9)17-2)13-15-8-10(18-13)5-6-14/h3-4,7-8H,5H2,1-2H3. The van der Waals surface area contributed by atoms with Crippen LogP contribution in [0.15, 0.2) is 24.4 Å². The molecule has 0 saturated carbocycles. The first-order valence-electron chi connectivity index (χ1n) is 5.32. The van der Waals surface area contributed by atoms with Crippen molar-refractivity contribution in [1.29, 1.82) is 5.26 Å². The molecule has 18 heavy (non-hydrogen) atoms. The fourth-order valence-corrected chi connectivity index (χ4v) is 2.44. The molecule has 2 rings (SSSR count). The lowest BCUT2D eigenvalue weighted by atomic mass is 10.2. The molecule has 0 saturated heterocycles. The van der Waals surface area contributed by atoms with Gasteiger partial charge in [-0.15, -0.1) is 11.3 Å². The SMILES string of the molecule is COc1ccc(-c2ncc(CC#N)s2)c(OC)c1. The van der Waals surface area contributed by atoms with Gasteiger partial charge in [0.05, 0.1) is 32.3 Å². The van der Waals surface area contributed by atoms with Gasteiger partial charge in [0.25, 0.3) is 0 Å². The second-order valence-electron chi connectivity index (χ2n) is 3.53. The molecule has 0 spiro atoms. The first-order chi connectivity index (χ1) is 8.78. The number of nitriles is 1. The van der Waals surface area contributed by atoms with Crippen LogP contribution in [0.5, 0.6) is 11.5 Å². The van der Waals surface area contributed by atoms with Gasteiger partial charge >= 0.3 is 0 Å². The topological polar surface area (TPSA) is 55.1 Å². The van der Waals surface area contributed by atoms with E-state index in [0.717, 1.165) is 21.2 Å². The summed E-state index contributed by atoms with van der Waals surface area (Å²) in [5.74, 6) is 1.46. The number of hydrogen-bond acceptors (Lipinski definition) is 5. The van der Waals surface area contributed by atoms with Crippen molar-refractivity contribution < 1.29 is 9.47 Å². The minimum Gasteiger partial charge on any atom is -0.497 e. The van der Waals surface area contributed by atoms with Crippen molar-refractivity contribution >= 4 is 11.3 Å². The van der Waals surface area contributed by atoms with Crippen LogP contribution in [0.3, 0.4) is 0 Å². The van der Waals surface area contributed by atoms with E-state index in [1.54, 1.807) is 20.4 Å². The molecule has 4 nitrogen and oxygen atoms in total. The van der Waals surface area contributed by atoms with Crippen LogP contribution in [0, 0.1) is 11.3 Å². The molecule has 5 heteroatoms. The maximum Gasteiger partial charge on any atom is 0.132 e. The van der Waals surface area contributed by atoms with Crippen molar-refractivity contribution in [2.75, 3.05) is 14.2 Å². The van der Waals surface area contributed by atoms with Crippen LogP contribution in [-0.2, 0) is 6.42 Å². The monoisotopic (exact) mass is 260 g/mol. The van der Waals surface area contributed by atoms with Gasteiger partial charge in [-0.05, 0) is 12.1 Å².